The van der Waals surface area contributed by atoms with Crippen LogP contribution in [0.3, 0.4) is 0 Å². The van der Waals surface area contributed by atoms with Crippen LogP contribution in [-0.2, 0) is 4.79 Å². The topological polar surface area (TPSA) is 21.5 Å². The lowest BCUT2D eigenvalue weighted by atomic mass is 9.70. The van der Waals surface area contributed by atoms with Crippen LogP contribution in [0.4, 0.5) is 0 Å². The zero-order valence-electron chi connectivity index (χ0n) is 13.7. The van der Waals surface area contributed by atoms with Crippen LogP contribution in [0.1, 0.15) is 77.0 Å². The van der Waals surface area contributed by atoms with E-state index in [0.29, 0.717) is 11.7 Å². The van der Waals surface area contributed by atoms with Crippen molar-refractivity contribution >= 4 is 5.78 Å². The fourth-order valence-electron chi connectivity index (χ4n) is 5.14. The van der Waals surface area contributed by atoms with E-state index in [4.69, 9.17) is 0 Å². The van der Waals surface area contributed by atoms with Gasteiger partial charge in [0.25, 0.3) is 0 Å². The van der Waals surface area contributed by atoms with Gasteiger partial charge in [-0.3, -0.25) is 4.79 Å². The van der Waals surface area contributed by atoms with Crippen LogP contribution in [0.5, 0.6) is 0 Å². The maximum atomic E-state index is 12.5. The van der Waals surface area contributed by atoms with Crippen molar-refractivity contribution in [2.45, 2.75) is 77.0 Å². The number of hydrogen-bond donors (Lipinski definition) is 1. The number of rotatable bonds is 4. The van der Waals surface area contributed by atoms with Gasteiger partial charge in [-0.15, -0.1) is 0 Å². The highest BCUT2D eigenvalue weighted by Gasteiger charge is 2.32. The van der Waals surface area contributed by atoms with Gasteiger partial charge in [-0.25, -0.2) is 0 Å². The molecule has 0 unspecified atom stereocenters. The molecule has 3 rings (SSSR count). The minimum absolute atomic E-state index is 0.416. The first kappa shape index (κ1) is 15.5. The molecule has 2 nitrogen and oxygen atoms in total. The van der Waals surface area contributed by atoms with E-state index in [1.165, 1.54) is 90.1 Å². The summed E-state index contributed by atoms with van der Waals surface area (Å²) >= 11 is 0. The van der Waals surface area contributed by atoms with Gasteiger partial charge in [0.05, 0.1) is 13.1 Å². The molecule has 0 atom stereocenters. The van der Waals surface area contributed by atoms with E-state index in [9.17, 15) is 4.79 Å². The molecule has 0 spiro atoms. The first-order chi connectivity index (χ1) is 10.3. The van der Waals surface area contributed by atoms with Crippen LogP contribution in [0.25, 0.3) is 0 Å². The zero-order chi connectivity index (χ0) is 14.5. The zero-order valence-corrected chi connectivity index (χ0v) is 13.7. The maximum Gasteiger partial charge on any atom is 0.189 e. The standard InChI is InChI=1S/C19H33NO/c21-19(15-20-13-5-2-6-14-20)18-11-9-17(10-12-18)16-7-3-1-4-8-16/h16-18H,1-15H2/p+1. The van der Waals surface area contributed by atoms with Crippen molar-refractivity contribution in [3.05, 3.63) is 0 Å². The van der Waals surface area contributed by atoms with Crippen molar-refractivity contribution in [2.75, 3.05) is 19.6 Å². The van der Waals surface area contributed by atoms with Crippen LogP contribution in [0.2, 0.25) is 0 Å². The van der Waals surface area contributed by atoms with Crippen molar-refractivity contribution in [1.82, 2.24) is 0 Å². The molecule has 0 amide bonds. The van der Waals surface area contributed by atoms with Gasteiger partial charge in [0.2, 0.25) is 0 Å². The van der Waals surface area contributed by atoms with Gasteiger partial charge in [-0.1, -0.05) is 32.1 Å². The van der Waals surface area contributed by atoms with Gasteiger partial charge in [0.15, 0.2) is 5.78 Å². The summed E-state index contributed by atoms with van der Waals surface area (Å²) in [5.74, 6) is 2.97. The monoisotopic (exact) mass is 292 g/mol. The average molecular weight is 292 g/mol. The Morgan fingerprint density at radius 3 is 1.95 bits per heavy atom. The molecule has 2 aliphatic carbocycles. The van der Waals surface area contributed by atoms with E-state index >= 15 is 0 Å². The molecule has 1 heterocycles. The quantitative estimate of drug-likeness (QED) is 0.845. The van der Waals surface area contributed by atoms with Gasteiger partial charge < -0.3 is 4.90 Å². The molecule has 1 aliphatic heterocycles. The molecule has 2 saturated carbocycles. The molecule has 0 bridgehead atoms. The van der Waals surface area contributed by atoms with Gasteiger partial charge in [-0.2, -0.15) is 0 Å². The summed E-state index contributed by atoms with van der Waals surface area (Å²) in [6.07, 6.45) is 16.5. The molecular weight excluding hydrogens is 258 g/mol. The largest absolute Gasteiger partial charge is 0.329 e. The average Bonchev–Trinajstić information content (AvgIpc) is 2.57. The molecule has 21 heavy (non-hydrogen) atoms. The lowest BCUT2D eigenvalue weighted by Gasteiger charge is -2.35. The predicted molar refractivity (Wildman–Crippen MR) is 86.4 cm³/mol. The molecule has 3 fully saturated rings. The number of likely N-dealkylation sites (tertiary alicyclic amines) is 1. The fraction of sp³-hybridized carbons (Fsp3) is 0.947. The Balaban J connectivity index is 1.40. The molecule has 0 aromatic rings. The Bertz CT molecular complexity index is 320. The summed E-state index contributed by atoms with van der Waals surface area (Å²) in [6.45, 7) is 3.31. The van der Waals surface area contributed by atoms with E-state index in [1.54, 1.807) is 4.90 Å². The van der Waals surface area contributed by atoms with Gasteiger partial charge in [-0.05, 0) is 56.8 Å². The highest BCUT2D eigenvalue weighted by atomic mass is 16.1. The molecule has 2 heteroatoms. The number of carbonyl (C=O) groups is 1. The van der Waals surface area contributed by atoms with Crippen LogP contribution >= 0.6 is 0 Å². The van der Waals surface area contributed by atoms with Crippen molar-refractivity contribution in [3.8, 4) is 0 Å². The Hall–Kier alpha value is -0.370. The molecule has 3 aliphatic rings. The first-order valence-electron chi connectivity index (χ1n) is 9.69. The van der Waals surface area contributed by atoms with E-state index in [-0.39, 0.29) is 0 Å². The Morgan fingerprint density at radius 1 is 0.714 bits per heavy atom. The summed E-state index contributed by atoms with van der Waals surface area (Å²) in [5, 5.41) is 0. The number of hydrogen-bond acceptors (Lipinski definition) is 1. The summed E-state index contributed by atoms with van der Waals surface area (Å²) in [5.41, 5.74) is 0. The molecule has 1 N–H and O–H groups in total. The van der Waals surface area contributed by atoms with Gasteiger partial charge in [0, 0.05) is 5.92 Å². The van der Waals surface area contributed by atoms with Crippen LogP contribution in [-0.4, -0.2) is 25.4 Å². The molecule has 0 aromatic carbocycles. The predicted octanol–water partition coefficient (Wildman–Crippen LogP) is 3.01. The number of Topliss-reactive ketones (excluding diaryl/α,β-unsaturated/α-hetero) is 1. The molecular formula is C19H34NO+. The third-order valence-electron chi connectivity index (χ3n) is 6.53. The molecule has 1 saturated heterocycles. The second-order valence-electron chi connectivity index (χ2n) is 7.96. The Morgan fingerprint density at radius 2 is 1.29 bits per heavy atom. The summed E-state index contributed by atoms with van der Waals surface area (Å²) in [7, 11) is 0. The third-order valence-corrected chi connectivity index (χ3v) is 6.53. The smallest absolute Gasteiger partial charge is 0.189 e. The van der Waals surface area contributed by atoms with Gasteiger partial charge >= 0.3 is 0 Å². The number of piperidine rings is 1. The summed E-state index contributed by atoms with van der Waals surface area (Å²) < 4.78 is 0. The molecule has 0 radical (unpaired) electrons. The second kappa shape index (κ2) is 7.76. The number of quaternary nitrogens is 1. The van der Waals surface area contributed by atoms with E-state index in [1.807, 2.05) is 0 Å². The van der Waals surface area contributed by atoms with Crippen molar-refractivity contribution in [3.63, 3.8) is 0 Å². The summed E-state index contributed by atoms with van der Waals surface area (Å²) in [6, 6.07) is 0. The first-order valence-corrected chi connectivity index (χ1v) is 9.69. The van der Waals surface area contributed by atoms with Crippen LogP contribution in [0.15, 0.2) is 0 Å². The molecule has 120 valence electrons. The molecule has 0 aromatic heterocycles. The third kappa shape index (κ3) is 4.31. The Kier molecular flexibility index (Phi) is 5.74. The minimum atomic E-state index is 0.416. The van der Waals surface area contributed by atoms with Gasteiger partial charge in [0.1, 0.15) is 6.54 Å². The lowest BCUT2D eigenvalue weighted by molar-refractivity contribution is -0.896. The lowest BCUT2D eigenvalue weighted by Crippen LogP contribution is -3.13. The van der Waals surface area contributed by atoms with Crippen LogP contribution in [0, 0.1) is 17.8 Å². The highest BCUT2D eigenvalue weighted by Crippen LogP contribution is 2.39. The minimum Gasteiger partial charge on any atom is -0.329 e. The van der Waals surface area contributed by atoms with E-state index in [0.717, 1.165) is 18.4 Å². The fourth-order valence-corrected chi connectivity index (χ4v) is 5.14. The van der Waals surface area contributed by atoms with Crippen LogP contribution < -0.4 is 4.90 Å². The summed E-state index contributed by atoms with van der Waals surface area (Å²) in [4.78, 5) is 14.1. The van der Waals surface area contributed by atoms with Crippen molar-refractivity contribution < 1.29 is 9.69 Å². The second-order valence-corrected chi connectivity index (χ2v) is 7.96. The SMILES string of the molecule is O=C(C[NH+]1CCCCC1)C1CCC(C2CCCCC2)CC1. The number of ketones is 1. The number of carbonyl (C=O) groups excluding carboxylic acids is 1. The van der Waals surface area contributed by atoms with E-state index < -0.39 is 0 Å². The van der Waals surface area contributed by atoms with E-state index in [2.05, 4.69) is 0 Å². The number of nitrogens with one attached hydrogen (secondary N) is 1. The maximum absolute atomic E-state index is 12.5. The van der Waals surface area contributed by atoms with Crippen molar-refractivity contribution in [2.24, 2.45) is 17.8 Å². The highest BCUT2D eigenvalue weighted by molar-refractivity contribution is 5.81. The van der Waals surface area contributed by atoms with Crippen molar-refractivity contribution in [1.29, 1.82) is 0 Å². The Labute approximate surface area is 130 Å². The normalized spacial score (nSPS) is 33.0.